The Balaban J connectivity index is 3.16. The van der Waals surface area contributed by atoms with E-state index in [0.29, 0.717) is 0 Å². The monoisotopic (exact) mass is 385 g/mol. The zero-order valence-electron chi connectivity index (χ0n) is 16.4. The van der Waals surface area contributed by atoms with Crippen molar-refractivity contribution in [2.24, 2.45) is 0 Å². The van der Waals surface area contributed by atoms with Gasteiger partial charge in [0.05, 0.1) is 24.3 Å². The van der Waals surface area contributed by atoms with Crippen LogP contribution in [0.25, 0.3) is 0 Å². The molecule has 0 radical (unpaired) electrons. The number of ether oxygens (including phenoxy) is 3. The Morgan fingerprint density at radius 3 is 2.37 bits per heavy atom. The van der Waals surface area contributed by atoms with Crippen molar-refractivity contribution in [2.45, 2.75) is 59.2 Å². The van der Waals surface area contributed by atoms with Crippen LogP contribution in [0.4, 0.5) is 9.59 Å². The lowest BCUT2D eigenvalue weighted by atomic mass is 9.96. The molecule has 10 nitrogen and oxygen atoms in total. The predicted octanol–water partition coefficient (Wildman–Crippen LogP) is 0.961. The average molecular weight is 385 g/mol. The van der Waals surface area contributed by atoms with E-state index in [4.69, 9.17) is 14.2 Å². The van der Waals surface area contributed by atoms with Crippen molar-refractivity contribution in [1.82, 2.24) is 16.0 Å². The van der Waals surface area contributed by atoms with Gasteiger partial charge in [0.15, 0.2) is 0 Å². The minimum absolute atomic E-state index is 0.115. The third-order valence-corrected chi connectivity index (χ3v) is 3.37. The van der Waals surface area contributed by atoms with Crippen LogP contribution in [0.15, 0.2) is 11.3 Å². The summed E-state index contributed by atoms with van der Waals surface area (Å²) in [5, 5.41) is 7.59. The van der Waals surface area contributed by atoms with Gasteiger partial charge in [-0.05, 0) is 34.6 Å². The number of nitrogens with one attached hydrogen (secondary N) is 3. The molecule has 1 heterocycles. The van der Waals surface area contributed by atoms with Crippen molar-refractivity contribution in [3.63, 3.8) is 0 Å². The number of allylic oxidation sites excluding steroid dienone is 1. The number of hydrogen-bond acceptors (Lipinski definition) is 7. The molecule has 0 spiro atoms. The smallest absolute Gasteiger partial charge is 0.408 e. The standard InChI is InChI=1S/C17H27N3O7/c1-7-25-14(22)12-9(2)18-15(23)20-13(12)11(8-26-10(3)21)19-16(24)27-17(4,5)6/h11,13H,7-8H2,1-6H3,(H,19,24)(H2,18,20,23)/t11-,13-/m1/s1. The summed E-state index contributed by atoms with van der Waals surface area (Å²) in [6, 6.07) is -2.50. The Kier molecular flexibility index (Phi) is 7.62. The van der Waals surface area contributed by atoms with E-state index in [1.165, 1.54) is 13.8 Å². The fraction of sp³-hybridized carbons (Fsp3) is 0.647. The van der Waals surface area contributed by atoms with Gasteiger partial charge in [0.25, 0.3) is 0 Å². The van der Waals surface area contributed by atoms with Gasteiger partial charge in [-0.25, -0.2) is 14.4 Å². The number of carbonyl (C=O) groups is 4. The molecule has 0 bridgehead atoms. The van der Waals surface area contributed by atoms with E-state index in [1.807, 2.05) is 0 Å². The fourth-order valence-corrected chi connectivity index (χ4v) is 2.40. The Hall–Kier alpha value is -2.78. The van der Waals surface area contributed by atoms with Crippen LogP contribution in [0, 0.1) is 0 Å². The Labute approximate surface area is 158 Å². The van der Waals surface area contributed by atoms with E-state index in [9.17, 15) is 19.2 Å². The molecule has 1 aliphatic rings. The largest absolute Gasteiger partial charge is 0.464 e. The summed E-state index contributed by atoms with van der Waals surface area (Å²) in [4.78, 5) is 47.7. The highest BCUT2D eigenvalue weighted by Gasteiger charge is 2.38. The Morgan fingerprint density at radius 2 is 1.85 bits per heavy atom. The first kappa shape index (κ1) is 22.3. The molecule has 10 heteroatoms. The molecule has 0 aliphatic carbocycles. The molecule has 0 unspecified atom stereocenters. The second-order valence-corrected chi connectivity index (χ2v) is 6.89. The average Bonchev–Trinajstić information content (AvgIpc) is 2.48. The number of carbonyl (C=O) groups excluding carboxylic acids is 4. The van der Waals surface area contributed by atoms with Crippen LogP contribution in [0.3, 0.4) is 0 Å². The summed E-state index contributed by atoms with van der Waals surface area (Å²) < 4.78 is 15.2. The lowest BCUT2D eigenvalue weighted by Crippen LogP contribution is -2.61. The van der Waals surface area contributed by atoms with Crippen molar-refractivity contribution >= 4 is 24.1 Å². The maximum Gasteiger partial charge on any atom is 0.408 e. The van der Waals surface area contributed by atoms with Crippen LogP contribution in [0.5, 0.6) is 0 Å². The van der Waals surface area contributed by atoms with Crippen LogP contribution >= 0.6 is 0 Å². The van der Waals surface area contributed by atoms with E-state index < -0.39 is 41.7 Å². The zero-order valence-corrected chi connectivity index (χ0v) is 16.4. The van der Waals surface area contributed by atoms with Gasteiger partial charge in [-0.2, -0.15) is 0 Å². The molecule has 0 aromatic rings. The molecule has 152 valence electrons. The molecule has 1 rings (SSSR count). The van der Waals surface area contributed by atoms with Gasteiger partial charge in [-0.3, -0.25) is 4.79 Å². The summed E-state index contributed by atoms with van der Waals surface area (Å²) in [6.45, 7) is 9.30. The predicted molar refractivity (Wildman–Crippen MR) is 94.6 cm³/mol. The number of esters is 2. The highest BCUT2D eigenvalue weighted by atomic mass is 16.6. The lowest BCUT2D eigenvalue weighted by molar-refractivity contribution is -0.141. The Morgan fingerprint density at radius 1 is 1.22 bits per heavy atom. The summed E-state index contributed by atoms with van der Waals surface area (Å²) >= 11 is 0. The molecule has 3 N–H and O–H groups in total. The number of rotatable bonds is 6. The first-order valence-corrected chi connectivity index (χ1v) is 8.53. The van der Waals surface area contributed by atoms with Crippen molar-refractivity contribution < 1.29 is 33.4 Å². The molecule has 0 aromatic carbocycles. The first-order valence-electron chi connectivity index (χ1n) is 8.53. The van der Waals surface area contributed by atoms with Gasteiger partial charge < -0.3 is 30.2 Å². The fourth-order valence-electron chi connectivity index (χ4n) is 2.40. The van der Waals surface area contributed by atoms with Crippen LogP contribution < -0.4 is 16.0 Å². The van der Waals surface area contributed by atoms with Crippen LogP contribution in [-0.4, -0.2) is 55.0 Å². The lowest BCUT2D eigenvalue weighted by Gasteiger charge is -2.34. The second-order valence-electron chi connectivity index (χ2n) is 6.89. The SMILES string of the molecule is CCOC(=O)C1=C(C)NC(=O)N[C@@H]1[C@@H](COC(C)=O)NC(=O)OC(C)(C)C. The maximum absolute atomic E-state index is 12.4. The van der Waals surface area contributed by atoms with E-state index in [1.54, 1.807) is 27.7 Å². The van der Waals surface area contributed by atoms with E-state index >= 15 is 0 Å². The number of amides is 3. The minimum Gasteiger partial charge on any atom is -0.464 e. The number of hydrogen-bond donors (Lipinski definition) is 3. The molecule has 0 fully saturated rings. The highest BCUT2D eigenvalue weighted by Crippen LogP contribution is 2.18. The summed E-state index contributed by atoms with van der Waals surface area (Å²) in [6.07, 6.45) is -0.784. The van der Waals surface area contributed by atoms with Gasteiger partial charge in [0, 0.05) is 12.6 Å². The molecule has 27 heavy (non-hydrogen) atoms. The molecule has 1 aliphatic heterocycles. The van der Waals surface area contributed by atoms with Gasteiger partial charge in [0.1, 0.15) is 12.2 Å². The van der Waals surface area contributed by atoms with Gasteiger partial charge >= 0.3 is 24.1 Å². The minimum atomic E-state index is -0.982. The summed E-state index contributed by atoms with van der Waals surface area (Å²) in [5.41, 5.74) is -0.367. The number of alkyl carbamates (subject to hydrolysis) is 1. The first-order chi connectivity index (χ1) is 12.4. The molecule has 0 saturated heterocycles. The van der Waals surface area contributed by atoms with Crippen LogP contribution in [0.2, 0.25) is 0 Å². The normalized spacial score (nSPS) is 18.0. The van der Waals surface area contributed by atoms with E-state index in [0.717, 1.165) is 0 Å². The molecular formula is C17H27N3O7. The second kappa shape index (κ2) is 9.24. The third kappa shape index (κ3) is 7.16. The quantitative estimate of drug-likeness (QED) is 0.458. The van der Waals surface area contributed by atoms with Crippen molar-refractivity contribution in [3.8, 4) is 0 Å². The van der Waals surface area contributed by atoms with E-state index in [-0.39, 0.29) is 24.5 Å². The molecule has 2 atom stereocenters. The molecule has 3 amide bonds. The number of urea groups is 1. The maximum atomic E-state index is 12.4. The van der Waals surface area contributed by atoms with Gasteiger partial charge in [-0.15, -0.1) is 0 Å². The van der Waals surface area contributed by atoms with Gasteiger partial charge in [-0.1, -0.05) is 0 Å². The molecule has 0 saturated carbocycles. The van der Waals surface area contributed by atoms with Crippen molar-refractivity contribution in [3.05, 3.63) is 11.3 Å². The third-order valence-electron chi connectivity index (χ3n) is 3.37. The Bertz CT molecular complexity index is 637. The van der Waals surface area contributed by atoms with Crippen LogP contribution in [0.1, 0.15) is 41.5 Å². The van der Waals surface area contributed by atoms with Crippen molar-refractivity contribution in [2.75, 3.05) is 13.2 Å². The van der Waals surface area contributed by atoms with Crippen molar-refractivity contribution in [1.29, 1.82) is 0 Å². The van der Waals surface area contributed by atoms with Gasteiger partial charge in [0.2, 0.25) is 0 Å². The van der Waals surface area contributed by atoms with E-state index in [2.05, 4.69) is 16.0 Å². The zero-order chi connectivity index (χ0) is 20.8. The molecule has 0 aromatic heterocycles. The molecular weight excluding hydrogens is 358 g/mol. The summed E-state index contributed by atoms with van der Waals surface area (Å²) in [7, 11) is 0. The summed E-state index contributed by atoms with van der Waals surface area (Å²) in [5.74, 6) is -1.24. The topological polar surface area (TPSA) is 132 Å². The van der Waals surface area contributed by atoms with Crippen LogP contribution in [-0.2, 0) is 23.8 Å². The highest BCUT2D eigenvalue weighted by molar-refractivity contribution is 5.95.